The molecule has 132 valence electrons. The van der Waals surface area contributed by atoms with E-state index in [4.69, 9.17) is 4.74 Å². The molecular formula is C20H30N2O2. The van der Waals surface area contributed by atoms with Gasteiger partial charge in [0.15, 0.2) is 0 Å². The third kappa shape index (κ3) is 2.75. The number of likely N-dealkylation sites (tertiary alicyclic amines) is 1. The summed E-state index contributed by atoms with van der Waals surface area (Å²) in [6.07, 6.45) is 8.72. The fraction of sp³-hybridized carbons (Fsp3) is 0.900. The molecule has 0 aromatic heterocycles. The second-order valence-corrected chi connectivity index (χ2v) is 9.46. The van der Waals surface area contributed by atoms with Crippen LogP contribution in [0.15, 0.2) is 0 Å². The van der Waals surface area contributed by atoms with Crippen molar-refractivity contribution in [3.63, 3.8) is 0 Å². The topological polar surface area (TPSA) is 53.3 Å². The summed E-state index contributed by atoms with van der Waals surface area (Å²) in [4.78, 5) is 14.5. The van der Waals surface area contributed by atoms with Gasteiger partial charge in [0.2, 0.25) is 5.91 Å². The van der Waals surface area contributed by atoms with Gasteiger partial charge < -0.3 is 9.64 Å². The van der Waals surface area contributed by atoms with Gasteiger partial charge in [-0.3, -0.25) is 4.79 Å². The van der Waals surface area contributed by atoms with Gasteiger partial charge in [-0.2, -0.15) is 5.26 Å². The van der Waals surface area contributed by atoms with Crippen molar-refractivity contribution in [1.82, 2.24) is 4.90 Å². The quantitative estimate of drug-likeness (QED) is 0.795. The number of carbonyl (C=O) groups is 1. The van der Waals surface area contributed by atoms with Crippen molar-refractivity contribution in [3.8, 4) is 6.07 Å². The number of fused-ring (bicyclic) bond motifs is 1. The lowest BCUT2D eigenvalue weighted by Gasteiger charge is -2.40. The number of carbonyl (C=O) groups excluding carboxylic acids is 1. The maximum Gasteiger partial charge on any atom is 0.223 e. The number of nitrogens with zero attached hydrogens (tertiary/aromatic N) is 2. The highest BCUT2D eigenvalue weighted by Gasteiger charge is 2.55. The molecule has 2 saturated carbocycles. The second kappa shape index (κ2) is 5.73. The molecule has 0 radical (unpaired) electrons. The Hall–Kier alpha value is -1.08. The summed E-state index contributed by atoms with van der Waals surface area (Å²) >= 11 is 0. The summed E-state index contributed by atoms with van der Waals surface area (Å²) in [7, 11) is 0. The normalized spacial score (nSPS) is 46.8. The minimum atomic E-state index is -0.195. The van der Waals surface area contributed by atoms with E-state index in [1.54, 1.807) is 0 Å². The molecule has 0 N–H and O–H groups in total. The molecule has 4 nitrogen and oxygen atoms in total. The van der Waals surface area contributed by atoms with Crippen LogP contribution < -0.4 is 0 Å². The zero-order chi connectivity index (χ0) is 16.9. The molecular weight excluding hydrogens is 300 g/mol. The summed E-state index contributed by atoms with van der Waals surface area (Å²) < 4.78 is 5.89. The fourth-order valence-electron chi connectivity index (χ4n) is 6.11. The summed E-state index contributed by atoms with van der Waals surface area (Å²) in [5.74, 6) is 2.27. The molecule has 4 fully saturated rings. The molecule has 4 rings (SSSR count). The van der Waals surface area contributed by atoms with Crippen molar-refractivity contribution in [2.24, 2.45) is 23.2 Å². The Morgan fingerprint density at radius 2 is 1.96 bits per heavy atom. The molecule has 2 heterocycles. The first-order valence-corrected chi connectivity index (χ1v) is 9.75. The first-order chi connectivity index (χ1) is 11.4. The highest BCUT2D eigenvalue weighted by molar-refractivity contribution is 5.77. The van der Waals surface area contributed by atoms with Crippen molar-refractivity contribution in [1.29, 1.82) is 5.26 Å². The SMILES string of the molecule is C[C@H]1C[C@@H](C#N)N(C(=O)CCC2(C)C[C@@H]3CC4(CCO4)C[C@@H]3C2)C1. The Kier molecular flexibility index (Phi) is 3.91. The van der Waals surface area contributed by atoms with Crippen LogP contribution in [0.3, 0.4) is 0 Å². The molecule has 4 heteroatoms. The van der Waals surface area contributed by atoms with Gasteiger partial charge in [0.1, 0.15) is 6.04 Å². The molecule has 4 aliphatic rings. The zero-order valence-electron chi connectivity index (χ0n) is 15.1. The van der Waals surface area contributed by atoms with Crippen LogP contribution in [0, 0.1) is 34.5 Å². The molecule has 2 saturated heterocycles. The lowest BCUT2D eigenvalue weighted by Crippen LogP contribution is -2.42. The van der Waals surface area contributed by atoms with E-state index in [2.05, 4.69) is 19.9 Å². The third-order valence-corrected chi connectivity index (χ3v) is 7.33. The van der Waals surface area contributed by atoms with Gasteiger partial charge in [-0.05, 0) is 68.1 Å². The van der Waals surface area contributed by atoms with Crippen molar-refractivity contribution in [3.05, 3.63) is 0 Å². The van der Waals surface area contributed by atoms with E-state index in [9.17, 15) is 10.1 Å². The molecule has 2 aliphatic heterocycles. The summed E-state index contributed by atoms with van der Waals surface area (Å²) in [6.45, 7) is 6.23. The van der Waals surface area contributed by atoms with Gasteiger partial charge in [0, 0.05) is 13.0 Å². The highest BCUT2D eigenvalue weighted by atomic mass is 16.5. The van der Waals surface area contributed by atoms with Gasteiger partial charge in [0.05, 0.1) is 18.3 Å². The van der Waals surface area contributed by atoms with Crippen LogP contribution in [0.25, 0.3) is 0 Å². The van der Waals surface area contributed by atoms with Gasteiger partial charge >= 0.3 is 0 Å². The van der Waals surface area contributed by atoms with E-state index in [0.717, 1.165) is 37.8 Å². The molecule has 2 aliphatic carbocycles. The van der Waals surface area contributed by atoms with E-state index in [0.29, 0.717) is 17.8 Å². The Balaban J connectivity index is 1.30. The third-order valence-electron chi connectivity index (χ3n) is 7.33. The number of ether oxygens (including phenoxy) is 1. The molecule has 1 spiro atoms. The summed E-state index contributed by atoms with van der Waals surface area (Å²) in [5.41, 5.74) is 0.558. The summed E-state index contributed by atoms with van der Waals surface area (Å²) in [5, 5.41) is 9.26. The molecule has 0 bridgehead atoms. The first kappa shape index (κ1) is 16.4. The lowest BCUT2D eigenvalue weighted by molar-refractivity contribution is -0.147. The highest BCUT2D eigenvalue weighted by Crippen LogP contribution is 2.60. The van der Waals surface area contributed by atoms with Crippen LogP contribution in [0.2, 0.25) is 0 Å². The number of nitriles is 1. The Bertz CT molecular complexity index is 546. The van der Waals surface area contributed by atoms with E-state index in [-0.39, 0.29) is 17.6 Å². The first-order valence-electron chi connectivity index (χ1n) is 9.75. The average Bonchev–Trinajstić information content (AvgIpc) is 3.13. The maximum atomic E-state index is 12.6. The summed E-state index contributed by atoms with van der Waals surface area (Å²) in [6, 6.07) is 2.11. The van der Waals surface area contributed by atoms with Crippen LogP contribution in [0.5, 0.6) is 0 Å². The van der Waals surface area contributed by atoms with Crippen LogP contribution >= 0.6 is 0 Å². The maximum absolute atomic E-state index is 12.6. The van der Waals surface area contributed by atoms with Gasteiger partial charge in [0.25, 0.3) is 0 Å². The second-order valence-electron chi connectivity index (χ2n) is 9.46. The minimum Gasteiger partial charge on any atom is -0.375 e. The number of amides is 1. The Morgan fingerprint density at radius 1 is 1.29 bits per heavy atom. The van der Waals surface area contributed by atoms with Gasteiger partial charge in [-0.25, -0.2) is 0 Å². The largest absolute Gasteiger partial charge is 0.375 e. The number of hydrogen-bond acceptors (Lipinski definition) is 3. The number of rotatable bonds is 3. The fourth-order valence-corrected chi connectivity index (χ4v) is 6.11. The van der Waals surface area contributed by atoms with Crippen LogP contribution in [0.4, 0.5) is 0 Å². The van der Waals surface area contributed by atoms with Crippen LogP contribution in [-0.2, 0) is 9.53 Å². The predicted octanol–water partition coefficient (Wildman–Crippen LogP) is 3.51. The minimum absolute atomic E-state index is 0.195. The Morgan fingerprint density at radius 3 is 2.50 bits per heavy atom. The van der Waals surface area contributed by atoms with Crippen molar-refractivity contribution in [2.75, 3.05) is 13.2 Å². The smallest absolute Gasteiger partial charge is 0.223 e. The monoisotopic (exact) mass is 330 g/mol. The molecule has 1 amide bonds. The van der Waals surface area contributed by atoms with E-state index < -0.39 is 0 Å². The van der Waals surface area contributed by atoms with Crippen molar-refractivity contribution >= 4 is 5.91 Å². The van der Waals surface area contributed by atoms with E-state index in [1.807, 2.05) is 4.90 Å². The molecule has 0 aromatic rings. The van der Waals surface area contributed by atoms with Crippen LogP contribution in [-0.4, -0.2) is 35.6 Å². The molecule has 24 heavy (non-hydrogen) atoms. The lowest BCUT2D eigenvalue weighted by atomic mass is 9.78. The van der Waals surface area contributed by atoms with E-state index >= 15 is 0 Å². The van der Waals surface area contributed by atoms with E-state index in [1.165, 1.54) is 32.1 Å². The van der Waals surface area contributed by atoms with Gasteiger partial charge in [-0.1, -0.05) is 13.8 Å². The number of hydrogen-bond donors (Lipinski definition) is 0. The standard InChI is InChI=1S/C20H30N2O2/c1-14-7-17(12-21)22(13-14)18(23)3-4-19(2)8-15-10-20(5-6-24-20)11-16(15)9-19/h14-17H,3-11,13H2,1-2H3/t14-,15-,16+,17-,19?,20?/m0/s1. The van der Waals surface area contributed by atoms with Crippen molar-refractivity contribution < 1.29 is 9.53 Å². The zero-order valence-corrected chi connectivity index (χ0v) is 15.1. The Labute approximate surface area is 145 Å². The van der Waals surface area contributed by atoms with Crippen molar-refractivity contribution in [2.45, 2.75) is 76.9 Å². The molecule has 0 aromatic carbocycles. The average molecular weight is 330 g/mol. The van der Waals surface area contributed by atoms with Crippen LogP contribution in [0.1, 0.15) is 65.2 Å². The molecule has 6 atom stereocenters. The predicted molar refractivity (Wildman–Crippen MR) is 91.0 cm³/mol. The molecule has 2 unspecified atom stereocenters. The van der Waals surface area contributed by atoms with Gasteiger partial charge in [-0.15, -0.1) is 0 Å².